The second-order valence-electron chi connectivity index (χ2n) is 3.80. The topological polar surface area (TPSA) is 12.0 Å². The van der Waals surface area contributed by atoms with E-state index in [1.54, 1.807) is 11.3 Å². The Morgan fingerprint density at radius 2 is 1.94 bits per heavy atom. The van der Waals surface area contributed by atoms with E-state index in [1.807, 2.05) is 29.6 Å². The molecule has 0 aliphatic rings. The van der Waals surface area contributed by atoms with Crippen molar-refractivity contribution in [3.63, 3.8) is 0 Å². The van der Waals surface area contributed by atoms with E-state index in [0.717, 1.165) is 10.9 Å². The summed E-state index contributed by atoms with van der Waals surface area (Å²) in [6.07, 6.45) is -4.86. The number of thiophene rings is 1. The largest absolute Gasteiger partial charge is 0.390 e. The number of halogens is 3. The SMILES string of the molecule is FC(F)(F)CCNCc1csc2ccccc12. The average Bonchev–Trinajstić information content (AvgIpc) is 2.67. The molecule has 0 unspecified atom stereocenters. The quantitative estimate of drug-likeness (QED) is 0.820. The van der Waals surface area contributed by atoms with E-state index >= 15 is 0 Å². The lowest BCUT2D eigenvalue weighted by Gasteiger charge is -2.07. The molecule has 0 aliphatic heterocycles. The fraction of sp³-hybridized carbons (Fsp3) is 0.333. The third kappa shape index (κ3) is 3.44. The molecule has 2 rings (SSSR count). The molecule has 0 saturated heterocycles. The maximum absolute atomic E-state index is 11.9. The summed E-state index contributed by atoms with van der Waals surface area (Å²) in [5.41, 5.74) is 1.06. The smallest absolute Gasteiger partial charge is 0.312 e. The van der Waals surface area contributed by atoms with Gasteiger partial charge in [-0.3, -0.25) is 0 Å². The van der Waals surface area contributed by atoms with Crippen molar-refractivity contribution in [3.8, 4) is 0 Å². The van der Waals surface area contributed by atoms with Gasteiger partial charge >= 0.3 is 6.18 Å². The van der Waals surface area contributed by atoms with Crippen LogP contribution in [0.3, 0.4) is 0 Å². The lowest BCUT2D eigenvalue weighted by molar-refractivity contribution is -0.133. The Morgan fingerprint density at radius 3 is 2.71 bits per heavy atom. The van der Waals surface area contributed by atoms with E-state index in [4.69, 9.17) is 0 Å². The molecule has 0 saturated carbocycles. The highest BCUT2D eigenvalue weighted by molar-refractivity contribution is 7.17. The normalized spacial score (nSPS) is 12.2. The van der Waals surface area contributed by atoms with E-state index in [-0.39, 0.29) is 6.54 Å². The van der Waals surface area contributed by atoms with Crippen LogP contribution < -0.4 is 5.32 Å². The van der Waals surface area contributed by atoms with Crippen molar-refractivity contribution < 1.29 is 13.2 Å². The zero-order valence-electron chi connectivity index (χ0n) is 9.05. The van der Waals surface area contributed by atoms with Crippen molar-refractivity contribution in [3.05, 3.63) is 35.2 Å². The summed E-state index contributed by atoms with van der Waals surface area (Å²) in [5.74, 6) is 0. The lowest BCUT2D eigenvalue weighted by atomic mass is 10.2. The Hall–Kier alpha value is -1.07. The van der Waals surface area contributed by atoms with E-state index < -0.39 is 12.6 Å². The van der Waals surface area contributed by atoms with Gasteiger partial charge in [0.25, 0.3) is 0 Å². The number of fused-ring (bicyclic) bond motifs is 1. The zero-order valence-corrected chi connectivity index (χ0v) is 9.87. The molecule has 5 heteroatoms. The number of nitrogens with one attached hydrogen (secondary N) is 1. The summed E-state index contributed by atoms with van der Waals surface area (Å²) in [4.78, 5) is 0. The van der Waals surface area contributed by atoms with Crippen LogP contribution in [0.15, 0.2) is 29.6 Å². The van der Waals surface area contributed by atoms with Gasteiger partial charge in [-0.15, -0.1) is 11.3 Å². The van der Waals surface area contributed by atoms with Crippen molar-refractivity contribution in [1.29, 1.82) is 0 Å². The summed E-state index contributed by atoms with van der Waals surface area (Å²) in [7, 11) is 0. The number of hydrogen-bond acceptors (Lipinski definition) is 2. The molecule has 0 spiro atoms. The average molecular weight is 259 g/mol. The zero-order chi connectivity index (χ0) is 12.3. The molecular formula is C12H12F3NS. The van der Waals surface area contributed by atoms with Gasteiger partial charge in [0.1, 0.15) is 0 Å². The first kappa shape index (κ1) is 12.4. The molecule has 0 radical (unpaired) electrons. The number of benzene rings is 1. The van der Waals surface area contributed by atoms with Gasteiger partial charge in [-0.2, -0.15) is 13.2 Å². The van der Waals surface area contributed by atoms with Gasteiger partial charge in [-0.1, -0.05) is 18.2 Å². The van der Waals surface area contributed by atoms with Gasteiger partial charge in [0.2, 0.25) is 0 Å². The number of alkyl halides is 3. The summed E-state index contributed by atoms with van der Waals surface area (Å²) in [6, 6.07) is 7.90. The molecule has 0 amide bonds. The van der Waals surface area contributed by atoms with E-state index in [2.05, 4.69) is 5.32 Å². The second kappa shape index (κ2) is 5.06. The Morgan fingerprint density at radius 1 is 1.18 bits per heavy atom. The van der Waals surface area contributed by atoms with Crippen LogP contribution in [0.25, 0.3) is 10.1 Å². The highest BCUT2D eigenvalue weighted by Gasteiger charge is 2.25. The van der Waals surface area contributed by atoms with Crippen LogP contribution in [0.1, 0.15) is 12.0 Å². The van der Waals surface area contributed by atoms with Gasteiger partial charge in [-0.05, 0) is 22.4 Å². The molecule has 0 aliphatic carbocycles. The maximum Gasteiger partial charge on any atom is 0.390 e. The molecule has 0 atom stereocenters. The van der Waals surface area contributed by atoms with Crippen LogP contribution in [-0.2, 0) is 6.54 Å². The third-order valence-electron chi connectivity index (χ3n) is 2.46. The Kier molecular flexibility index (Phi) is 3.69. The minimum atomic E-state index is -4.08. The van der Waals surface area contributed by atoms with Gasteiger partial charge in [-0.25, -0.2) is 0 Å². The van der Waals surface area contributed by atoms with Gasteiger partial charge in [0.15, 0.2) is 0 Å². The molecule has 0 bridgehead atoms. The Bertz CT molecular complexity index is 490. The van der Waals surface area contributed by atoms with Crippen molar-refractivity contribution in [1.82, 2.24) is 5.32 Å². The van der Waals surface area contributed by atoms with Crippen LogP contribution in [0, 0.1) is 0 Å². The van der Waals surface area contributed by atoms with Crippen LogP contribution in [-0.4, -0.2) is 12.7 Å². The molecule has 17 heavy (non-hydrogen) atoms. The van der Waals surface area contributed by atoms with Crippen molar-refractivity contribution in [2.24, 2.45) is 0 Å². The first-order valence-electron chi connectivity index (χ1n) is 5.29. The molecule has 1 heterocycles. The Balaban J connectivity index is 1.91. The van der Waals surface area contributed by atoms with E-state index in [1.165, 1.54) is 4.70 Å². The summed E-state index contributed by atoms with van der Waals surface area (Å²) in [6.45, 7) is 0.452. The summed E-state index contributed by atoms with van der Waals surface area (Å²) in [5, 5.41) is 5.94. The predicted molar refractivity (Wildman–Crippen MR) is 64.2 cm³/mol. The molecule has 92 valence electrons. The fourth-order valence-corrected chi connectivity index (χ4v) is 2.59. The molecule has 1 aromatic heterocycles. The second-order valence-corrected chi connectivity index (χ2v) is 4.71. The van der Waals surface area contributed by atoms with Crippen molar-refractivity contribution in [2.75, 3.05) is 6.54 Å². The molecule has 1 N–H and O–H groups in total. The standard InChI is InChI=1S/C12H12F3NS/c13-12(14,15)5-6-16-7-9-8-17-11-4-2-1-3-10(9)11/h1-4,8,16H,5-7H2. The van der Waals surface area contributed by atoms with Crippen LogP contribution >= 0.6 is 11.3 Å². The first-order valence-corrected chi connectivity index (χ1v) is 6.17. The van der Waals surface area contributed by atoms with E-state index in [0.29, 0.717) is 6.54 Å². The molecule has 0 fully saturated rings. The molecular weight excluding hydrogens is 247 g/mol. The monoisotopic (exact) mass is 259 g/mol. The minimum Gasteiger partial charge on any atom is -0.312 e. The Labute approximate surface area is 101 Å². The van der Waals surface area contributed by atoms with Gasteiger partial charge in [0.05, 0.1) is 6.42 Å². The van der Waals surface area contributed by atoms with E-state index in [9.17, 15) is 13.2 Å². The minimum absolute atomic E-state index is 0.0341. The lowest BCUT2D eigenvalue weighted by Crippen LogP contribution is -2.21. The number of hydrogen-bond donors (Lipinski definition) is 1. The molecule has 1 nitrogen and oxygen atoms in total. The maximum atomic E-state index is 11.9. The van der Waals surface area contributed by atoms with Gasteiger partial charge in [0, 0.05) is 17.8 Å². The predicted octanol–water partition coefficient (Wildman–Crippen LogP) is 3.94. The van der Waals surface area contributed by atoms with Crippen LogP contribution in [0.5, 0.6) is 0 Å². The van der Waals surface area contributed by atoms with Gasteiger partial charge < -0.3 is 5.32 Å². The number of rotatable bonds is 4. The summed E-state index contributed by atoms with van der Waals surface area (Å²) < 4.78 is 37.0. The highest BCUT2D eigenvalue weighted by Crippen LogP contribution is 2.25. The van der Waals surface area contributed by atoms with Crippen LogP contribution in [0.2, 0.25) is 0 Å². The summed E-state index contributed by atoms with van der Waals surface area (Å²) >= 11 is 1.62. The third-order valence-corrected chi connectivity index (χ3v) is 3.47. The van der Waals surface area contributed by atoms with Crippen LogP contribution in [0.4, 0.5) is 13.2 Å². The van der Waals surface area contributed by atoms with Crippen molar-refractivity contribution in [2.45, 2.75) is 19.1 Å². The first-order chi connectivity index (χ1) is 8.06. The highest BCUT2D eigenvalue weighted by atomic mass is 32.1. The van der Waals surface area contributed by atoms with Crippen molar-refractivity contribution >= 4 is 21.4 Å². The molecule has 2 aromatic rings. The molecule has 1 aromatic carbocycles. The fourth-order valence-electron chi connectivity index (χ4n) is 1.62.